The van der Waals surface area contributed by atoms with Crippen molar-refractivity contribution in [3.8, 4) is 0 Å². The Balaban J connectivity index is 0.000000161. The third-order valence-corrected chi connectivity index (χ3v) is 5.96. The number of benzene rings is 2. The summed E-state index contributed by atoms with van der Waals surface area (Å²) in [6, 6.07) is 22.6. The lowest BCUT2D eigenvalue weighted by atomic mass is 10.1. The highest BCUT2D eigenvalue weighted by atomic mass is 15.2. The molecule has 2 aromatic rings. The van der Waals surface area contributed by atoms with E-state index < -0.39 is 0 Å². The fourth-order valence-corrected chi connectivity index (χ4v) is 4.02. The van der Waals surface area contributed by atoms with E-state index in [1.165, 1.54) is 11.1 Å². The summed E-state index contributed by atoms with van der Waals surface area (Å²) >= 11 is 0. The second kappa shape index (κ2) is 11.3. The van der Waals surface area contributed by atoms with Crippen molar-refractivity contribution in [1.82, 2.24) is 20.4 Å². The largest absolute Gasteiger partial charge is 0.314 e. The van der Waals surface area contributed by atoms with Crippen molar-refractivity contribution in [2.45, 2.75) is 25.9 Å². The second-order valence-electron chi connectivity index (χ2n) is 7.75. The van der Waals surface area contributed by atoms with Crippen molar-refractivity contribution in [3.63, 3.8) is 0 Å². The van der Waals surface area contributed by atoms with Crippen LogP contribution in [0.5, 0.6) is 0 Å². The van der Waals surface area contributed by atoms with Crippen molar-refractivity contribution in [2.24, 2.45) is 0 Å². The SMILES string of the molecule is CC(c1ccccc1)N1CCNCC1.CC(c1ccccc1)N1CCNCC1. The second-order valence-corrected chi connectivity index (χ2v) is 7.75. The molecule has 0 saturated carbocycles. The van der Waals surface area contributed by atoms with Gasteiger partial charge in [0.15, 0.2) is 0 Å². The first-order valence-corrected chi connectivity index (χ1v) is 10.7. The number of rotatable bonds is 4. The number of hydrogen-bond donors (Lipinski definition) is 2. The lowest BCUT2D eigenvalue weighted by Gasteiger charge is -2.33. The Bertz CT molecular complexity index is 589. The van der Waals surface area contributed by atoms with Gasteiger partial charge in [-0.3, -0.25) is 9.80 Å². The van der Waals surface area contributed by atoms with E-state index >= 15 is 0 Å². The van der Waals surface area contributed by atoms with Crippen molar-refractivity contribution in [1.29, 1.82) is 0 Å². The number of hydrogen-bond acceptors (Lipinski definition) is 4. The number of nitrogens with one attached hydrogen (secondary N) is 2. The highest BCUT2D eigenvalue weighted by Crippen LogP contribution is 2.20. The molecule has 0 aliphatic carbocycles. The molecule has 0 spiro atoms. The van der Waals surface area contributed by atoms with E-state index in [1.807, 2.05) is 0 Å². The van der Waals surface area contributed by atoms with E-state index in [1.54, 1.807) is 0 Å². The molecule has 2 aliphatic rings. The van der Waals surface area contributed by atoms with Gasteiger partial charge in [0, 0.05) is 64.4 Å². The van der Waals surface area contributed by atoms with Crippen LogP contribution in [0.2, 0.25) is 0 Å². The molecule has 2 saturated heterocycles. The molecule has 4 rings (SSSR count). The molecule has 4 nitrogen and oxygen atoms in total. The topological polar surface area (TPSA) is 30.5 Å². The van der Waals surface area contributed by atoms with Gasteiger partial charge >= 0.3 is 0 Å². The fraction of sp³-hybridized carbons (Fsp3) is 0.500. The molecule has 4 heteroatoms. The van der Waals surface area contributed by atoms with Gasteiger partial charge in [0.25, 0.3) is 0 Å². The predicted octanol–water partition coefficient (Wildman–Crippen LogP) is 3.31. The van der Waals surface area contributed by atoms with E-state index in [2.05, 4.69) is 94.9 Å². The average molecular weight is 381 g/mol. The molecule has 2 N–H and O–H groups in total. The summed E-state index contributed by atoms with van der Waals surface area (Å²) in [6.07, 6.45) is 0. The summed E-state index contributed by atoms with van der Waals surface area (Å²) < 4.78 is 0. The summed E-state index contributed by atoms with van der Waals surface area (Å²) in [5, 5.41) is 6.76. The van der Waals surface area contributed by atoms with Crippen molar-refractivity contribution in [3.05, 3.63) is 71.8 Å². The van der Waals surface area contributed by atoms with Gasteiger partial charge in [-0.25, -0.2) is 0 Å². The van der Waals surface area contributed by atoms with Gasteiger partial charge in [-0.05, 0) is 25.0 Å². The highest BCUT2D eigenvalue weighted by Gasteiger charge is 2.18. The molecular weight excluding hydrogens is 344 g/mol. The zero-order valence-electron chi connectivity index (χ0n) is 17.5. The standard InChI is InChI=1S/2C12H18N2/c2*1-11(12-5-3-2-4-6-12)14-9-7-13-8-10-14/h2*2-6,11,13H,7-10H2,1H3. The van der Waals surface area contributed by atoms with Crippen LogP contribution in [-0.4, -0.2) is 62.2 Å². The maximum absolute atomic E-state index is 3.38. The van der Waals surface area contributed by atoms with Crippen LogP contribution in [0.25, 0.3) is 0 Å². The molecule has 28 heavy (non-hydrogen) atoms. The Morgan fingerprint density at radius 3 is 1.21 bits per heavy atom. The minimum Gasteiger partial charge on any atom is -0.314 e. The Morgan fingerprint density at radius 2 is 0.893 bits per heavy atom. The normalized spacial score (nSPS) is 20.6. The quantitative estimate of drug-likeness (QED) is 0.852. The van der Waals surface area contributed by atoms with E-state index in [0.717, 1.165) is 52.4 Å². The van der Waals surface area contributed by atoms with Crippen LogP contribution in [0, 0.1) is 0 Å². The molecule has 2 aromatic carbocycles. The molecule has 0 amide bonds. The predicted molar refractivity (Wildman–Crippen MR) is 119 cm³/mol. The van der Waals surface area contributed by atoms with Crippen LogP contribution >= 0.6 is 0 Å². The first-order valence-electron chi connectivity index (χ1n) is 10.7. The van der Waals surface area contributed by atoms with Crippen LogP contribution in [0.4, 0.5) is 0 Å². The summed E-state index contributed by atoms with van der Waals surface area (Å²) in [6.45, 7) is 13.7. The van der Waals surface area contributed by atoms with Crippen molar-refractivity contribution >= 4 is 0 Å². The molecule has 2 unspecified atom stereocenters. The lowest BCUT2D eigenvalue weighted by Crippen LogP contribution is -2.44. The first-order chi connectivity index (χ1) is 13.8. The van der Waals surface area contributed by atoms with Crippen LogP contribution in [-0.2, 0) is 0 Å². The van der Waals surface area contributed by atoms with Gasteiger partial charge < -0.3 is 10.6 Å². The van der Waals surface area contributed by atoms with E-state index in [0.29, 0.717) is 12.1 Å². The third kappa shape index (κ3) is 6.14. The maximum Gasteiger partial charge on any atom is 0.0320 e. The minimum atomic E-state index is 0.554. The van der Waals surface area contributed by atoms with Gasteiger partial charge in [0.05, 0.1) is 0 Å². The van der Waals surface area contributed by atoms with Gasteiger partial charge in [-0.1, -0.05) is 60.7 Å². The van der Waals surface area contributed by atoms with Crippen LogP contribution in [0.15, 0.2) is 60.7 Å². The van der Waals surface area contributed by atoms with Gasteiger partial charge in [0.1, 0.15) is 0 Å². The first kappa shape index (κ1) is 21.0. The Morgan fingerprint density at radius 1 is 0.571 bits per heavy atom. The average Bonchev–Trinajstić information content (AvgIpc) is 2.81. The van der Waals surface area contributed by atoms with Gasteiger partial charge in [-0.2, -0.15) is 0 Å². The molecule has 2 aliphatic heterocycles. The third-order valence-electron chi connectivity index (χ3n) is 5.96. The van der Waals surface area contributed by atoms with Gasteiger partial charge in [-0.15, -0.1) is 0 Å². The highest BCUT2D eigenvalue weighted by molar-refractivity contribution is 5.19. The Labute approximate surface area is 170 Å². The number of nitrogens with zero attached hydrogens (tertiary/aromatic N) is 2. The molecule has 0 aromatic heterocycles. The van der Waals surface area contributed by atoms with E-state index in [-0.39, 0.29) is 0 Å². The zero-order chi connectivity index (χ0) is 19.6. The smallest absolute Gasteiger partial charge is 0.0320 e. The van der Waals surface area contributed by atoms with Crippen LogP contribution in [0.3, 0.4) is 0 Å². The zero-order valence-corrected chi connectivity index (χ0v) is 17.5. The van der Waals surface area contributed by atoms with Crippen molar-refractivity contribution in [2.75, 3.05) is 52.4 Å². The molecule has 2 fully saturated rings. The summed E-state index contributed by atoms with van der Waals surface area (Å²) in [5.41, 5.74) is 2.85. The van der Waals surface area contributed by atoms with E-state index in [9.17, 15) is 0 Å². The summed E-state index contributed by atoms with van der Waals surface area (Å²) in [5.74, 6) is 0. The lowest BCUT2D eigenvalue weighted by molar-refractivity contribution is 0.185. The van der Waals surface area contributed by atoms with Gasteiger partial charge in [0.2, 0.25) is 0 Å². The molecule has 0 bridgehead atoms. The molecule has 152 valence electrons. The van der Waals surface area contributed by atoms with Crippen LogP contribution in [0.1, 0.15) is 37.1 Å². The van der Waals surface area contributed by atoms with Crippen LogP contribution < -0.4 is 10.6 Å². The Kier molecular flexibility index (Phi) is 8.49. The van der Waals surface area contributed by atoms with Crippen molar-refractivity contribution < 1.29 is 0 Å². The molecular formula is C24H36N4. The van der Waals surface area contributed by atoms with E-state index in [4.69, 9.17) is 0 Å². The number of piperazine rings is 2. The fourth-order valence-electron chi connectivity index (χ4n) is 4.02. The minimum absolute atomic E-state index is 0.554. The molecule has 2 atom stereocenters. The molecule has 0 radical (unpaired) electrons. The molecule has 2 heterocycles. The maximum atomic E-state index is 3.38. The Hall–Kier alpha value is -1.72. The monoisotopic (exact) mass is 380 g/mol. The summed E-state index contributed by atoms with van der Waals surface area (Å²) in [7, 11) is 0. The summed E-state index contributed by atoms with van der Waals surface area (Å²) in [4.78, 5) is 5.07.